The van der Waals surface area contributed by atoms with Crippen LogP contribution in [0.5, 0.6) is 5.75 Å². The van der Waals surface area contributed by atoms with Crippen LogP contribution in [0, 0.1) is 0 Å². The van der Waals surface area contributed by atoms with E-state index in [9.17, 15) is 13.6 Å². The van der Waals surface area contributed by atoms with Crippen molar-refractivity contribution < 1.29 is 18.3 Å². The van der Waals surface area contributed by atoms with Crippen LogP contribution in [0.1, 0.15) is 62.4 Å². The van der Waals surface area contributed by atoms with E-state index in [1.165, 1.54) is 4.68 Å². The number of tetrazole rings is 1. The maximum absolute atomic E-state index is 14.2. The predicted molar refractivity (Wildman–Crippen MR) is 102 cm³/mol. The zero-order valence-corrected chi connectivity index (χ0v) is 16.2. The largest absolute Gasteiger partial charge is 0.494 e. The number of rotatable bonds is 7. The van der Waals surface area contributed by atoms with Crippen molar-refractivity contribution in [2.75, 3.05) is 11.9 Å². The van der Waals surface area contributed by atoms with Crippen molar-refractivity contribution in [3.63, 3.8) is 0 Å². The predicted octanol–water partition coefficient (Wildman–Crippen LogP) is 3.71. The number of anilines is 1. The van der Waals surface area contributed by atoms with Gasteiger partial charge in [-0.1, -0.05) is 6.42 Å². The second-order valence-electron chi connectivity index (χ2n) is 7.73. The molecule has 2 aromatic rings. The molecule has 1 amide bonds. The molecule has 0 radical (unpaired) electrons. The fourth-order valence-corrected chi connectivity index (χ4v) is 4.02. The van der Waals surface area contributed by atoms with Gasteiger partial charge in [0.25, 0.3) is 5.92 Å². The van der Waals surface area contributed by atoms with Crippen LogP contribution in [0.15, 0.2) is 18.2 Å². The highest BCUT2D eigenvalue weighted by Gasteiger charge is 2.44. The van der Waals surface area contributed by atoms with Crippen LogP contribution >= 0.6 is 0 Å². The molecule has 1 saturated carbocycles. The van der Waals surface area contributed by atoms with Crippen LogP contribution in [0.25, 0.3) is 0 Å². The number of hydrogen-bond donors (Lipinski definition) is 1. The van der Waals surface area contributed by atoms with E-state index in [4.69, 9.17) is 4.74 Å². The lowest BCUT2D eigenvalue weighted by molar-refractivity contribution is -0.116. The van der Waals surface area contributed by atoms with Gasteiger partial charge in [-0.2, -0.15) is 0 Å². The smallest absolute Gasteiger partial charge is 0.270 e. The third-order valence-electron chi connectivity index (χ3n) is 5.62. The van der Waals surface area contributed by atoms with Gasteiger partial charge in [0.05, 0.1) is 6.61 Å². The number of alkyl halides is 2. The van der Waals surface area contributed by atoms with Gasteiger partial charge < -0.3 is 10.1 Å². The third kappa shape index (κ3) is 4.54. The highest BCUT2D eigenvalue weighted by atomic mass is 19.3. The maximum atomic E-state index is 14.2. The molecule has 29 heavy (non-hydrogen) atoms. The Kier molecular flexibility index (Phi) is 5.73. The first-order chi connectivity index (χ1) is 14.0. The zero-order chi connectivity index (χ0) is 20.3. The molecule has 0 bridgehead atoms. The summed E-state index contributed by atoms with van der Waals surface area (Å²) in [5.74, 6) is -1.43. The second-order valence-corrected chi connectivity index (χ2v) is 7.73. The van der Waals surface area contributed by atoms with Gasteiger partial charge in [0.2, 0.25) is 5.91 Å². The average molecular weight is 405 g/mol. The molecule has 7 nitrogen and oxygen atoms in total. The van der Waals surface area contributed by atoms with Crippen LogP contribution < -0.4 is 10.1 Å². The van der Waals surface area contributed by atoms with Crippen molar-refractivity contribution in [2.24, 2.45) is 0 Å². The number of nitrogens with one attached hydrogen (secondary N) is 1. The lowest BCUT2D eigenvalue weighted by atomic mass is 9.91. The summed E-state index contributed by atoms with van der Waals surface area (Å²) in [6, 6.07) is 4.73. The number of unbranched alkanes of at least 4 members (excludes halogenated alkanes) is 1. The number of carbonyl (C=O) groups excluding carboxylic acids is 1. The van der Waals surface area contributed by atoms with Crippen molar-refractivity contribution in [3.8, 4) is 5.75 Å². The summed E-state index contributed by atoms with van der Waals surface area (Å²) in [6.45, 7) is 0.520. The van der Waals surface area contributed by atoms with Gasteiger partial charge in [-0.3, -0.25) is 4.79 Å². The van der Waals surface area contributed by atoms with Crippen LogP contribution in [0.2, 0.25) is 0 Å². The van der Waals surface area contributed by atoms with E-state index >= 15 is 0 Å². The number of carbonyl (C=O) groups is 1. The average Bonchev–Trinajstić information content (AvgIpc) is 3.15. The molecule has 0 saturated heterocycles. The summed E-state index contributed by atoms with van der Waals surface area (Å²) >= 11 is 0. The number of ether oxygens (including phenoxy) is 1. The number of nitrogens with zero attached hydrogens (tertiary/aromatic N) is 4. The van der Waals surface area contributed by atoms with Gasteiger partial charge in [0.1, 0.15) is 11.8 Å². The fourth-order valence-electron chi connectivity index (χ4n) is 4.02. The van der Waals surface area contributed by atoms with E-state index < -0.39 is 12.0 Å². The molecule has 1 aromatic heterocycles. The van der Waals surface area contributed by atoms with Crippen molar-refractivity contribution in [3.05, 3.63) is 29.6 Å². The van der Waals surface area contributed by atoms with Crippen molar-refractivity contribution in [1.29, 1.82) is 0 Å². The molecule has 1 fully saturated rings. The Labute approximate surface area is 167 Å². The quantitative estimate of drug-likeness (QED) is 0.710. The molecule has 0 unspecified atom stereocenters. The molecule has 0 spiro atoms. The Bertz CT molecular complexity index is 870. The van der Waals surface area contributed by atoms with Gasteiger partial charge >= 0.3 is 0 Å². The molecule has 9 heteroatoms. The van der Waals surface area contributed by atoms with E-state index in [0.29, 0.717) is 44.5 Å². The number of hydrogen-bond acceptors (Lipinski definition) is 5. The minimum Gasteiger partial charge on any atom is -0.494 e. The van der Waals surface area contributed by atoms with Gasteiger partial charge in [0, 0.05) is 24.9 Å². The van der Waals surface area contributed by atoms with E-state index in [1.807, 2.05) is 18.2 Å². The molecule has 1 aromatic carbocycles. The van der Waals surface area contributed by atoms with Gasteiger partial charge in [-0.25, -0.2) is 13.5 Å². The molecule has 156 valence electrons. The van der Waals surface area contributed by atoms with Crippen LogP contribution in [0.4, 0.5) is 14.5 Å². The molecule has 4 rings (SSSR count). The molecular formula is C20H25F2N5O2. The van der Waals surface area contributed by atoms with Gasteiger partial charge in [-0.15, -0.1) is 5.10 Å². The summed E-state index contributed by atoms with van der Waals surface area (Å²) in [6.07, 6.45) is 4.89. The van der Waals surface area contributed by atoms with Crippen molar-refractivity contribution in [2.45, 2.75) is 69.8 Å². The first-order valence-corrected chi connectivity index (χ1v) is 10.2. The summed E-state index contributed by atoms with van der Waals surface area (Å²) in [5.41, 5.74) is 1.93. The molecule has 2 heterocycles. The first kappa shape index (κ1) is 19.7. The minimum atomic E-state index is -2.75. The number of amides is 1. The summed E-state index contributed by atoms with van der Waals surface area (Å²) in [7, 11) is 0. The van der Waals surface area contributed by atoms with E-state index in [2.05, 4.69) is 20.8 Å². The monoisotopic (exact) mass is 405 g/mol. The van der Waals surface area contributed by atoms with E-state index in [-0.39, 0.29) is 12.3 Å². The Balaban J connectivity index is 1.26. The topological polar surface area (TPSA) is 81.9 Å². The number of halogens is 2. The summed E-state index contributed by atoms with van der Waals surface area (Å²) in [4.78, 5) is 11.4. The van der Waals surface area contributed by atoms with Gasteiger partial charge in [0.15, 0.2) is 5.82 Å². The summed E-state index contributed by atoms with van der Waals surface area (Å²) < 4.78 is 35.6. The normalized spacial score (nSPS) is 20.8. The molecule has 1 N–H and O–H groups in total. The second kappa shape index (κ2) is 8.42. The Morgan fingerprint density at radius 2 is 2.14 bits per heavy atom. The van der Waals surface area contributed by atoms with Crippen LogP contribution in [-0.4, -0.2) is 38.6 Å². The lowest BCUT2D eigenvalue weighted by Gasteiger charge is -2.31. The van der Waals surface area contributed by atoms with E-state index in [1.54, 1.807) is 0 Å². The zero-order valence-electron chi connectivity index (χ0n) is 16.2. The number of aryl methyl sites for hydroxylation is 2. The number of benzene rings is 1. The van der Waals surface area contributed by atoms with Crippen molar-refractivity contribution in [1.82, 2.24) is 20.2 Å². The highest BCUT2D eigenvalue weighted by molar-refractivity contribution is 5.93. The molecule has 1 atom stereocenters. The Hall–Kier alpha value is -2.58. The highest BCUT2D eigenvalue weighted by Crippen LogP contribution is 2.41. The molecule has 2 aliphatic rings. The first-order valence-electron chi connectivity index (χ1n) is 10.2. The summed E-state index contributed by atoms with van der Waals surface area (Å²) in [5, 5.41) is 14.3. The third-order valence-corrected chi connectivity index (χ3v) is 5.62. The Morgan fingerprint density at radius 3 is 3.00 bits per heavy atom. The van der Waals surface area contributed by atoms with E-state index in [0.717, 1.165) is 36.3 Å². The SMILES string of the molecule is O=C1CCc2cc(OCCCCc3nnnn3[C@@H]3CCCCC3(F)F)ccc2N1. The Morgan fingerprint density at radius 1 is 1.24 bits per heavy atom. The maximum Gasteiger partial charge on any atom is 0.270 e. The van der Waals surface area contributed by atoms with Crippen LogP contribution in [-0.2, 0) is 17.6 Å². The minimum absolute atomic E-state index is 0.0412. The lowest BCUT2D eigenvalue weighted by Crippen LogP contribution is -2.35. The van der Waals surface area contributed by atoms with Crippen molar-refractivity contribution >= 4 is 11.6 Å². The standard InChI is InChI=1S/C20H25F2N5O2/c21-20(22)11-3-1-5-17(20)27-18(24-25-26-27)6-2-4-12-29-15-8-9-16-14(13-15)7-10-19(28)23-16/h8-9,13,17H,1-7,10-12H2,(H,23,28)/t17-/m1/s1. The molecular weight excluding hydrogens is 380 g/mol. The molecule has 1 aliphatic heterocycles. The fraction of sp³-hybridized carbons (Fsp3) is 0.600. The van der Waals surface area contributed by atoms with Gasteiger partial charge in [-0.05, 0) is 66.3 Å². The molecule has 1 aliphatic carbocycles. The number of fused-ring (bicyclic) bond motifs is 1. The van der Waals surface area contributed by atoms with Crippen LogP contribution in [0.3, 0.4) is 0 Å². The number of aromatic nitrogens is 4.